The van der Waals surface area contributed by atoms with E-state index in [9.17, 15) is 9.59 Å². The first-order valence-corrected chi connectivity index (χ1v) is 10.5. The van der Waals surface area contributed by atoms with Gasteiger partial charge in [-0.05, 0) is 47.9 Å². The lowest BCUT2D eigenvalue weighted by molar-refractivity contribution is 0.0604. The molecule has 0 saturated carbocycles. The molecule has 0 unspecified atom stereocenters. The number of hydrogen-bond donors (Lipinski definition) is 0. The molecule has 0 spiro atoms. The van der Waals surface area contributed by atoms with Crippen LogP contribution >= 0.6 is 0 Å². The number of carbonyl (C=O) groups excluding carboxylic acids is 2. The van der Waals surface area contributed by atoms with Crippen molar-refractivity contribution < 1.29 is 28.5 Å². The molecule has 0 atom stereocenters. The van der Waals surface area contributed by atoms with Gasteiger partial charge in [-0.25, -0.2) is 0 Å². The maximum Gasteiger partial charge on any atom is 0.261 e. The van der Waals surface area contributed by atoms with Crippen molar-refractivity contribution in [2.75, 3.05) is 27.9 Å². The SMILES string of the molecule is COc1ccc(C(=O)N2CCc3cc(OCc4ccccc4)c(OC)cc3C2=O)cc1OC. The normalized spacial score (nSPS) is 12.7. The van der Waals surface area contributed by atoms with Crippen molar-refractivity contribution in [2.45, 2.75) is 13.0 Å². The molecule has 170 valence electrons. The van der Waals surface area contributed by atoms with Crippen molar-refractivity contribution in [1.82, 2.24) is 4.90 Å². The molecule has 4 rings (SSSR count). The van der Waals surface area contributed by atoms with Gasteiger partial charge in [0.1, 0.15) is 6.61 Å². The molecule has 1 aliphatic heterocycles. The molecular weight excluding hydrogens is 422 g/mol. The van der Waals surface area contributed by atoms with Crippen molar-refractivity contribution in [2.24, 2.45) is 0 Å². The van der Waals surface area contributed by atoms with Gasteiger partial charge >= 0.3 is 0 Å². The van der Waals surface area contributed by atoms with E-state index in [1.807, 2.05) is 36.4 Å². The smallest absolute Gasteiger partial charge is 0.261 e. The number of amides is 2. The van der Waals surface area contributed by atoms with Gasteiger partial charge in [0.05, 0.1) is 21.3 Å². The molecule has 1 heterocycles. The average molecular weight is 447 g/mol. The highest BCUT2D eigenvalue weighted by Crippen LogP contribution is 2.35. The lowest BCUT2D eigenvalue weighted by atomic mass is 9.97. The minimum absolute atomic E-state index is 0.267. The maximum absolute atomic E-state index is 13.2. The molecule has 0 aromatic heterocycles. The van der Waals surface area contributed by atoms with Crippen LogP contribution in [0.15, 0.2) is 60.7 Å². The van der Waals surface area contributed by atoms with E-state index >= 15 is 0 Å². The third-order valence-electron chi connectivity index (χ3n) is 5.58. The second-order valence-electron chi connectivity index (χ2n) is 7.52. The first kappa shape index (κ1) is 22.2. The third kappa shape index (κ3) is 4.48. The first-order chi connectivity index (χ1) is 16.0. The molecule has 3 aromatic carbocycles. The molecule has 7 heteroatoms. The summed E-state index contributed by atoms with van der Waals surface area (Å²) in [7, 11) is 4.55. The van der Waals surface area contributed by atoms with Gasteiger partial charge in [-0.15, -0.1) is 0 Å². The predicted molar refractivity (Wildman–Crippen MR) is 122 cm³/mol. The van der Waals surface area contributed by atoms with Crippen molar-refractivity contribution in [3.63, 3.8) is 0 Å². The van der Waals surface area contributed by atoms with Crippen LogP contribution in [-0.4, -0.2) is 44.6 Å². The van der Waals surface area contributed by atoms with Crippen molar-refractivity contribution in [3.05, 3.63) is 82.9 Å². The van der Waals surface area contributed by atoms with Crippen LogP contribution in [0.4, 0.5) is 0 Å². The first-order valence-electron chi connectivity index (χ1n) is 10.5. The minimum Gasteiger partial charge on any atom is -0.493 e. The predicted octanol–water partition coefficient (Wildman–Crippen LogP) is 4.13. The molecule has 33 heavy (non-hydrogen) atoms. The van der Waals surface area contributed by atoms with Crippen LogP contribution in [0.2, 0.25) is 0 Å². The molecular formula is C26H25NO6. The standard InChI is InChI=1S/C26H25NO6/c1-30-21-10-9-19(14-22(21)31-2)25(28)27-12-11-18-13-24(23(32-3)15-20(18)26(27)29)33-16-17-7-5-4-6-8-17/h4-10,13-15H,11-12,16H2,1-3H3. The number of benzene rings is 3. The Morgan fingerprint density at radius 2 is 1.55 bits per heavy atom. The van der Waals surface area contributed by atoms with Gasteiger partial charge in [0.15, 0.2) is 23.0 Å². The second-order valence-corrected chi connectivity index (χ2v) is 7.52. The molecule has 1 aliphatic rings. The summed E-state index contributed by atoms with van der Waals surface area (Å²) in [6.45, 7) is 0.650. The van der Waals surface area contributed by atoms with E-state index < -0.39 is 5.91 Å². The molecule has 3 aromatic rings. The lowest BCUT2D eigenvalue weighted by Gasteiger charge is -2.28. The molecule has 0 N–H and O–H groups in total. The zero-order chi connectivity index (χ0) is 23.4. The maximum atomic E-state index is 13.2. The topological polar surface area (TPSA) is 74.3 Å². The van der Waals surface area contributed by atoms with Crippen LogP contribution in [0, 0.1) is 0 Å². The van der Waals surface area contributed by atoms with Gasteiger partial charge in [-0.2, -0.15) is 0 Å². The second kappa shape index (κ2) is 9.65. The van der Waals surface area contributed by atoms with E-state index in [2.05, 4.69) is 0 Å². The van der Waals surface area contributed by atoms with E-state index in [1.54, 1.807) is 24.3 Å². The highest BCUT2D eigenvalue weighted by molar-refractivity contribution is 6.12. The Balaban J connectivity index is 1.57. The molecule has 0 bridgehead atoms. The molecule has 0 radical (unpaired) electrons. The summed E-state index contributed by atoms with van der Waals surface area (Å²) in [4.78, 5) is 27.6. The molecule has 0 fully saturated rings. The number of fused-ring (bicyclic) bond motifs is 1. The third-order valence-corrected chi connectivity index (χ3v) is 5.58. The summed E-state index contributed by atoms with van der Waals surface area (Å²) in [5.41, 5.74) is 2.62. The number of methoxy groups -OCH3 is 3. The Labute approximate surface area is 192 Å². The largest absolute Gasteiger partial charge is 0.493 e. The van der Waals surface area contributed by atoms with E-state index in [0.717, 1.165) is 11.1 Å². The molecule has 7 nitrogen and oxygen atoms in total. The summed E-state index contributed by atoms with van der Waals surface area (Å²) in [6.07, 6.45) is 0.520. The summed E-state index contributed by atoms with van der Waals surface area (Å²) in [6, 6.07) is 18.1. The highest BCUT2D eigenvalue weighted by atomic mass is 16.5. The summed E-state index contributed by atoms with van der Waals surface area (Å²) >= 11 is 0. The van der Waals surface area contributed by atoms with E-state index in [1.165, 1.54) is 26.2 Å². The van der Waals surface area contributed by atoms with E-state index in [0.29, 0.717) is 47.2 Å². The number of ether oxygens (including phenoxy) is 4. The van der Waals surface area contributed by atoms with Gasteiger partial charge in [0, 0.05) is 17.7 Å². The highest BCUT2D eigenvalue weighted by Gasteiger charge is 2.31. The quantitative estimate of drug-likeness (QED) is 0.507. The van der Waals surface area contributed by atoms with E-state index in [4.69, 9.17) is 18.9 Å². The number of carbonyl (C=O) groups is 2. The zero-order valence-electron chi connectivity index (χ0n) is 18.8. The zero-order valence-corrected chi connectivity index (χ0v) is 18.8. The number of imide groups is 1. The van der Waals surface area contributed by atoms with Crippen molar-refractivity contribution in [1.29, 1.82) is 0 Å². The summed E-state index contributed by atoms with van der Waals surface area (Å²) in [5.74, 6) is 1.18. The summed E-state index contributed by atoms with van der Waals surface area (Å²) in [5, 5.41) is 0. The van der Waals surface area contributed by atoms with Crippen LogP contribution in [0.25, 0.3) is 0 Å². The number of nitrogens with zero attached hydrogens (tertiary/aromatic N) is 1. The molecule has 0 saturated heterocycles. The Bertz CT molecular complexity index is 1170. The van der Waals surface area contributed by atoms with Crippen molar-refractivity contribution >= 4 is 11.8 Å². The Morgan fingerprint density at radius 3 is 2.24 bits per heavy atom. The molecule has 0 aliphatic carbocycles. The van der Waals surface area contributed by atoms with Gasteiger partial charge < -0.3 is 18.9 Å². The monoisotopic (exact) mass is 447 g/mol. The Hall–Kier alpha value is -4.00. The van der Waals surface area contributed by atoms with Crippen LogP contribution in [0.1, 0.15) is 31.8 Å². The van der Waals surface area contributed by atoms with Crippen LogP contribution in [0.3, 0.4) is 0 Å². The summed E-state index contributed by atoms with van der Waals surface area (Å²) < 4.78 is 21.9. The lowest BCUT2D eigenvalue weighted by Crippen LogP contribution is -2.42. The minimum atomic E-state index is -0.394. The average Bonchev–Trinajstić information content (AvgIpc) is 2.87. The Kier molecular flexibility index (Phi) is 6.49. The Morgan fingerprint density at radius 1 is 0.848 bits per heavy atom. The number of hydrogen-bond acceptors (Lipinski definition) is 6. The number of rotatable bonds is 7. The van der Waals surface area contributed by atoms with Gasteiger partial charge in [-0.1, -0.05) is 30.3 Å². The molecule has 2 amide bonds. The fraction of sp³-hybridized carbons (Fsp3) is 0.231. The van der Waals surface area contributed by atoms with Gasteiger partial charge in [0.25, 0.3) is 11.8 Å². The van der Waals surface area contributed by atoms with E-state index in [-0.39, 0.29) is 12.5 Å². The fourth-order valence-corrected chi connectivity index (χ4v) is 3.81. The fourth-order valence-electron chi connectivity index (χ4n) is 3.81. The van der Waals surface area contributed by atoms with Crippen LogP contribution in [-0.2, 0) is 13.0 Å². The van der Waals surface area contributed by atoms with Crippen LogP contribution in [0.5, 0.6) is 23.0 Å². The van der Waals surface area contributed by atoms with Crippen molar-refractivity contribution in [3.8, 4) is 23.0 Å². The van der Waals surface area contributed by atoms with Gasteiger partial charge in [-0.3, -0.25) is 14.5 Å². The van der Waals surface area contributed by atoms with Crippen LogP contribution < -0.4 is 18.9 Å². The van der Waals surface area contributed by atoms with Gasteiger partial charge in [0.2, 0.25) is 0 Å².